The number of rotatable bonds is 5. The topological polar surface area (TPSA) is 50.4 Å². The summed E-state index contributed by atoms with van der Waals surface area (Å²) in [4.78, 5) is 2.41. The molecule has 2 aromatic carbocycles. The van der Waals surface area contributed by atoms with Crippen LogP contribution in [-0.4, -0.2) is 49.4 Å². The Morgan fingerprint density at radius 2 is 1.72 bits per heavy atom. The van der Waals surface area contributed by atoms with Crippen molar-refractivity contribution in [2.75, 3.05) is 40.0 Å². The first-order chi connectivity index (χ1) is 14.1. The number of methoxy groups -OCH3 is 1. The van der Waals surface area contributed by atoms with Crippen LogP contribution in [0.4, 0.5) is 0 Å². The largest absolute Gasteiger partial charge is 0.497 e. The third kappa shape index (κ3) is 3.74. The molecule has 0 aliphatic carbocycles. The molecule has 1 saturated heterocycles. The van der Waals surface area contributed by atoms with Gasteiger partial charge in [0, 0.05) is 37.1 Å². The fraction of sp³-hybridized carbons (Fsp3) is 0.375. The molecule has 0 spiro atoms. The lowest BCUT2D eigenvalue weighted by Gasteiger charge is -2.26. The Balaban J connectivity index is 1.83. The Morgan fingerprint density at radius 1 is 1.03 bits per heavy atom. The summed E-state index contributed by atoms with van der Waals surface area (Å²) in [6.07, 6.45) is 0. The second-order valence-electron chi connectivity index (χ2n) is 7.62. The molecular weight excluding hydrogens is 362 g/mol. The molecule has 0 unspecified atom stereocenters. The van der Waals surface area contributed by atoms with Crippen LogP contribution < -0.4 is 4.74 Å². The molecule has 1 aliphatic rings. The van der Waals surface area contributed by atoms with E-state index in [9.17, 15) is 5.26 Å². The summed E-state index contributed by atoms with van der Waals surface area (Å²) in [5.41, 5.74) is 6.39. The monoisotopic (exact) mass is 389 g/mol. The Bertz CT molecular complexity index is 1050. The predicted octanol–water partition coefficient (Wildman–Crippen LogP) is 4.14. The second-order valence-corrected chi connectivity index (χ2v) is 7.62. The number of fused-ring (bicyclic) bond motifs is 1. The maximum absolute atomic E-state index is 10.1. The quantitative estimate of drug-likeness (QED) is 0.658. The Kier molecular flexibility index (Phi) is 5.57. The lowest BCUT2D eigenvalue weighted by atomic mass is 9.99. The molecule has 1 fully saturated rings. The van der Waals surface area contributed by atoms with E-state index in [1.807, 2.05) is 24.3 Å². The first-order valence-corrected chi connectivity index (χ1v) is 10.1. The minimum Gasteiger partial charge on any atom is -0.497 e. The van der Waals surface area contributed by atoms with Gasteiger partial charge in [-0.3, -0.25) is 4.90 Å². The Hall–Kier alpha value is -2.81. The van der Waals surface area contributed by atoms with E-state index in [-0.39, 0.29) is 0 Å². The van der Waals surface area contributed by atoms with Gasteiger partial charge < -0.3 is 14.0 Å². The molecular formula is C24H27N3O2. The zero-order valence-electron chi connectivity index (χ0n) is 17.4. The zero-order valence-corrected chi connectivity index (χ0v) is 17.4. The van der Waals surface area contributed by atoms with Crippen LogP contribution >= 0.6 is 0 Å². The fourth-order valence-corrected chi connectivity index (χ4v) is 4.07. The standard InChI is InChI=1S/C24H27N3O2/c1-17-14-21-22(15-18(17)2)27(9-8-26-10-12-29-13-11-26)23(16-25)24(21)19-4-6-20(28-3)7-5-19/h4-7,14-15H,8-13H2,1-3H3. The zero-order chi connectivity index (χ0) is 20.4. The summed E-state index contributed by atoms with van der Waals surface area (Å²) >= 11 is 0. The predicted molar refractivity (Wildman–Crippen MR) is 115 cm³/mol. The van der Waals surface area contributed by atoms with Crippen molar-refractivity contribution in [3.8, 4) is 22.9 Å². The lowest BCUT2D eigenvalue weighted by Crippen LogP contribution is -2.38. The third-order valence-electron chi connectivity index (χ3n) is 5.91. The first kappa shape index (κ1) is 19.5. The first-order valence-electron chi connectivity index (χ1n) is 10.1. The van der Waals surface area contributed by atoms with E-state index >= 15 is 0 Å². The molecule has 0 radical (unpaired) electrons. The fourth-order valence-electron chi connectivity index (χ4n) is 4.07. The van der Waals surface area contributed by atoms with E-state index in [0.29, 0.717) is 0 Å². The van der Waals surface area contributed by atoms with Gasteiger partial charge in [-0.05, 0) is 54.8 Å². The molecule has 0 N–H and O–H groups in total. The van der Waals surface area contributed by atoms with Crippen LogP contribution in [0.5, 0.6) is 5.75 Å². The van der Waals surface area contributed by atoms with Crippen molar-refractivity contribution in [2.45, 2.75) is 20.4 Å². The van der Waals surface area contributed by atoms with Gasteiger partial charge in [0.15, 0.2) is 0 Å². The molecule has 5 heteroatoms. The average molecular weight is 389 g/mol. The van der Waals surface area contributed by atoms with Crippen LogP contribution in [-0.2, 0) is 11.3 Å². The van der Waals surface area contributed by atoms with Gasteiger partial charge in [-0.15, -0.1) is 0 Å². The van der Waals surface area contributed by atoms with Gasteiger partial charge in [0.2, 0.25) is 0 Å². The molecule has 4 rings (SSSR count). The van der Waals surface area contributed by atoms with Gasteiger partial charge in [0.1, 0.15) is 17.5 Å². The minimum atomic E-state index is 0.725. The van der Waals surface area contributed by atoms with Gasteiger partial charge >= 0.3 is 0 Å². The van der Waals surface area contributed by atoms with Crippen molar-refractivity contribution in [1.82, 2.24) is 9.47 Å². The van der Waals surface area contributed by atoms with E-state index in [0.717, 1.165) is 72.9 Å². The molecule has 3 aromatic rings. The summed E-state index contributed by atoms with van der Waals surface area (Å²) < 4.78 is 13.0. The van der Waals surface area contributed by atoms with Crippen molar-refractivity contribution in [1.29, 1.82) is 5.26 Å². The number of aromatic nitrogens is 1. The van der Waals surface area contributed by atoms with E-state index in [1.165, 1.54) is 11.1 Å². The van der Waals surface area contributed by atoms with Crippen LogP contribution in [0.1, 0.15) is 16.8 Å². The van der Waals surface area contributed by atoms with Crippen LogP contribution in [0.25, 0.3) is 22.0 Å². The van der Waals surface area contributed by atoms with Crippen molar-refractivity contribution >= 4 is 10.9 Å². The highest BCUT2D eigenvalue weighted by Crippen LogP contribution is 2.37. The number of ether oxygens (including phenoxy) is 2. The number of hydrogen-bond acceptors (Lipinski definition) is 4. The maximum atomic E-state index is 10.1. The van der Waals surface area contributed by atoms with Crippen molar-refractivity contribution in [3.05, 3.63) is 53.2 Å². The van der Waals surface area contributed by atoms with Crippen LogP contribution in [0, 0.1) is 25.2 Å². The van der Waals surface area contributed by atoms with E-state index in [1.54, 1.807) is 7.11 Å². The number of hydrogen-bond donors (Lipinski definition) is 0. The summed E-state index contributed by atoms with van der Waals surface area (Å²) in [7, 11) is 1.67. The van der Waals surface area contributed by atoms with E-state index in [2.05, 4.69) is 41.5 Å². The van der Waals surface area contributed by atoms with Crippen molar-refractivity contribution < 1.29 is 9.47 Å². The van der Waals surface area contributed by atoms with Gasteiger partial charge in [0.25, 0.3) is 0 Å². The van der Waals surface area contributed by atoms with Gasteiger partial charge in [-0.2, -0.15) is 5.26 Å². The molecule has 5 nitrogen and oxygen atoms in total. The van der Waals surface area contributed by atoms with Crippen LogP contribution in [0.15, 0.2) is 36.4 Å². The summed E-state index contributed by atoms with van der Waals surface area (Å²) in [6.45, 7) is 9.43. The highest BCUT2D eigenvalue weighted by molar-refractivity contribution is 6.00. The molecule has 29 heavy (non-hydrogen) atoms. The summed E-state index contributed by atoms with van der Waals surface area (Å²) in [5.74, 6) is 0.815. The number of benzene rings is 2. The van der Waals surface area contributed by atoms with Gasteiger partial charge in [-0.25, -0.2) is 0 Å². The molecule has 150 valence electrons. The number of nitriles is 1. The Labute approximate surface area is 172 Å². The maximum Gasteiger partial charge on any atom is 0.129 e. The molecule has 0 atom stereocenters. The highest BCUT2D eigenvalue weighted by atomic mass is 16.5. The normalized spacial score (nSPS) is 14.8. The molecule has 2 heterocycles. The number of nitrogens with zero attached hydrogens (tertiary/aromatic N) is 3. The van der Waals surface area contributed by atoms with Crippen molar-refractivity contribution in [3.63, 3.8) is 0 Å². The molecule has 0 bridgehead atoms. The summed E-state index contributed by atoms with van der Waals surface area (Å²) in [5, 5.41) is 11.2. The smallest absolute Gasteiger partial charge is 0.129 e. The van der Waals surface area contributed by atoms with E-state index < -0.39 is 0 Å². The molecule has 1 aliphatic heterocycles. The number of morpholine rings is 1. The minimum absolute atomic E-state index is 0.725. The Morgan fingerprint density at radius 3 is 2.38 bits per heavy atom. The van der Waals surface area contributed by atoms with Crippen LogP contribution in [0.2, 0.25) is 0 Å². The molecule has 0 saturated carbocycles. The summed E-state index contributed by atoms with van der Waals surface area (Å²) in [6, 6.07) is 14.9. The van der Waals surface area contributed by atoms with Gasteiger partial charge in [-0.1, -0.05) is 12.1 Å². The van der Waals surface area contributed by atoms with Crippen molar-refractivity contribution in [2.24, 2.45) is 0 Å². The van der Waals surface area contributed by atoms with Gasteiger partial charge in [0.05, 0.1) is 25.8 Å². The molecule has 1 aromatic heterocycles. The second kappa shape index (κ2) is 8.28. The van der Waals surface area contributed by atoms with Crippen LogP contribution in [0.3, 0.4) is 0 Å². The molecule has 0 amide bonds. The lowest BCUT2D eigenvalue weighted by molar-refractivity contribution is 0.0365. The average Bonchev–Trinajstić information content (AvgIpc) is 3.05. The van der Waals surface area contributed by atoms with E-state index in [4.69, 9.17) is 9.47 Å². The third-order valence-corrected chi connectivity index (χ3v) is 5.91. The highest BCUT2D eigenvalue weighted by Gasteiger charge is 2.20. The SMILES string of the molecule is COc1ccc(-c2c(C#N)n(CCN3CCOCC3)c3cc(C)c(C)cc23)cc1. The number of aryl methyl sites for hydroxylation is 2.